The van der Waals surface area contributed by atoms with Crippen molar-refractivity contribution in [3.05, 3.63) is 58.4 Å². The van der Waals surface area contributed by atoms with Crippen LogP contribution < -0.4 is 5.32 Å². The maximum absolute atomic E-state index is 12.1. The van der Waals surface area contributed by atoms with Crippen LogP contribution in [0.2, 0.25) is 0 Å². The monoisotopic (exact) mass is 265 g/mol. The second-order valence-electron chi connectivity index (χ2n) is 4.68. The number of pyridine rings is 1. The van der Waals surface area contributed by atoms with E-state index in [9.17, 15) is 4.79 Å². The second kappa shape index (κ2) is 5.54. The van der Waals surface area contributed by atoms with E-state index in [2.05, 4.69) is 10.3 Å². The van der Waals surface area contributed by atoms with E-state index >= 15 is 0 Å². The first-order chi connectivity index (χ1) is 9.52. The number of anilines is 1. The number of nitriles is 1. The van der Waals surface area contributed by atoms with E-state index in [1.807, 2.05) is 39.0 Å². The molecule has 0 spiro atoms. The fourth-order valence-electron chi connectivity index (χ4n) is 1.87. The molecule has 0 aliphatic heterocycles. The Balaban J connectivity index is 2.23. The SMILES string of the molecule is Cc1ccc(NC(=O)c2ccc(C#N)cn2)c(C)c1C. The standard InChI is InChI=1S/C16H15N3O/c1-10-4-6-14(12(3)11(10)2)19-16(20)15-7-5-13(8-17)9-18-15/h4-7,9H,1-3H3,(H,19,20). The Morgan fingerprint density at radius 3 is 2.50 bits per heavy atom. The third-order valence-electron chi connectivity index (χ3n) is 3.43. The van der Waals surface area contributed by atoms with Gasteiger partial charge in [0.2, 0.25) is 0 Å². The molecule has 0 saturated carbocycles. The lowest BCUT2D eigenvalue weighted by Gasteiger charge is -2.12. The molecular weight excluding hydrogens is 250 g/mol. The number of nitrogens with zero attached hydrogens (tertiary/aromatic N) is 2. The van der Waals surface area contributed by atoms with Crippen LogP contribution in [0.3, 0.4) is 0 Å². The van der Waals surface area contributed by atoms with Gasteiger partial charge in [-0.25, -0.2) is 4.98 Å². The van der Waals surface area contributed by atoms with Crippen LogP contribution in [0.4, 0.5) is 5.69 Å². The zero-order valence-electron chi connectivity index (χ0n) is 11.7. The van der Waals surface area contributed by atoms with Gasteiger partial charge in [-0.2, -0.15) is 5.26 Å². The summed E-state index contributed by atoms with van der Waals surface area (Å²) in [5, 5.41) is 11.6. The molecule has 0 unspecified atom stereocenters. The highest BCUT2D eigenvalue weighted by atomic mass is 16.1. The molecule has 0 atom stereocenters. The van der Waals surface area contributed by atoms with Crippen LogP contribution in [-0.2, 0) is 0 Å². The summed E-state index contributed by atoms with van der Waals surface area (Å²) in [4.78, 5) is 16.1. The lowest BCUT2D eigenvalue weighted by molar-refractivity contribution is 0.102. The minimum Gasteiger partial charge on any atom is -0.320 e. The summed E-state index contributed by atoms with van der Waals surface area (Å²) in [6.07, 6.45) is 1.39. The van der Waals surface area contributed by atoms with Crippen molar-refractivity contribution in [3.63, 3.8) is 0 Å². The van der Waals surface area contributed by atoms with Crippen LogP contribution in [0, 0.1) is 32.1 Å². The normalized spacial score (nSPS) is 9.90. The Morgan fingerprint density at radius 2 is 1.90 bits per heavy atom. The smallest absolute Gasteiger partial charge is 0.274 e. The number of hydrogen-bond donors (Lipinski definition) is 1. The van der Waals surface area contributed by atoms with Crippen molar-refractivity contribution in [1.29, 1.82) is 5.26 Å². The molecule has 4 nitrogen and oxygen atoms in total. The van der Waals surface area contributed by atoms with Crippen LogP contribution in [0.15, 0.2) is 30.5 Å². The number of aryl methyl sites for hydroxylation is 1. The molecular formula is C16H15N3O. The molecule has 1 aromatic heterocycles. The van der Waals surface area contributed by atoms with Crippen molar-refractivity contribution >= 4 is 11.6 Å². The molecule has 0 bridgehead atoms. The summed E-state index contributed by atoms with van der Waals surface area (Å²) < 4.78 is 0. The molecule has 100 valence electrons. The average molecular weight is 265 g/mol. The molecule has 0 aliphatic carbocycles. The number of amides is 1. The quantitative estimate of drug-likeness (QED) is 0.907. The van der Waals surface area contributed by atoms with E-state index in [1.54, 1.807) is 12.1 Å². The van der Waals surface area contributed by atoms with E-state index in [4.69, 9.17) is 5.26 Å². The van der Waals surface area contributed by atoms with Gasteiger partial charge in [0, 0.05) is 11.9 Å². The van der Waals surface area contributed by atoms with E-state index in [0.29, 0.717) is 11.3 Å². The molecule has 0 fully saturated rings. The zero-order chi connectivity index (χ0) is 14.7. The summed E-state index contributed by atoms with van der Waals surface area (Å²) in [6.45, 7) is 6.04. The van der Waals surface area contributed by atoms with Crippen molar-refractivity contribution in [3.8, 4) is 6.07 Å². The summed E-state index contributed by atoms with van der Waals surface area (Å²) >= 11 is 0. The van der Waals surface area contributed by atoms with Crippen LogP contribution in [-0.4, -0.2) is 10.9 Å². The summed E-state index contributed by atoms with van der Waals surface area (Å²) in [5.74, 6) is -0.277. The van der Waals surface area contributed by atoms with Crippen LogP contribution >= 0.6 is 0 Å². The van der Waals surface area contributed by atoms with Gasteiger partial charge in [0.15, 0.2) is 0 Å². The fourth-order valence-corrected chi connectivity index (χ4v) is 1.87. The lowest BCUT2D eigenvalue weighted by Crippen LogP contribution is -2.14. The molecule has 1 aromatic carbocycles. The zero-order valence-corrected chi connectivity index (χ0v) is 11.7. The minimum atomic E-state index is -0.277. The van der Waals surface area contributed by atoms with Gasteiger partial charge in [0.1, 0.15) is 11.8 Å². The third kappa shape index (κ3) is 2.67. The molecule has 4 heteroatoms. The molecule has 1 amide bonds. The number of benzene rings is 1. The van der Waals surface area contributed by atoms with E-state index < -0.39 is 0 Å². The van der Waals surface area contributed by atoms with E-state index in [-0.39, 0.29) is 5.91 Å². The van der Waals surface area contributed by atoms with E-state index in [1.165, 1.54) is 11.8 Å². The Labute approximate surface area is 118 Å². The van der Waals surface area contributed by atoms with Gasteiger partial charge in [-0.05, 0) is 55.7 Å². The Hall–Kier alpha value is -2.67. The van der Waals surface area contributed by atoms with Crippen molar-refractivity contribution in [2.24, 2.45) is 0 Å². The number of aromatic nitrogens is 1. The average Bonchev–Trinajstić information content (AvgIpc) is 2.48. The van der Waals surface area contributed by atoms with Gasteiger partial charge in [0.05, 0.1) is 5.56 Å². The van der Waals surface area contributed by atoms with Gasteiger partial charge >= 0.3 is 0 Å². The first kappa shape index (κ1) is 13.8. The molecule has 2 aromatic rings. The number of carbonyl (C=O) groups is 1. The topological polar surface area (TPSA) is 65.8 Å². The predicted octanol–water partition coefficient (Wildman–Crippen LogP) is 3.13. The highest BCUT2D eigenvalue weighted by molar-refractivity contribution is 6.03. The Bertz CT molecular complexity index is 697. The number of rotatable bonds is 2. The first-order valence-corrected chi connectivity index (χ1v) is 6.27. The molecule has 20 heavy (non-hydrogen) atoms. The third-order valence-corrected chi connectivity index (χ3v) is 3.43. The van der Waals surface area contributed by atoms with Gasteiger partial charge < -0.3 is 5.32 Å². The van der Waals surface area contributed by atoms with Crippen molar-refractivity contribution < 1.29 is 4.79 Å². The largest absolute Gasteiger partial charge is 0.320 e. The van der Waals surface area contributed by atoms with Gasteiger partial charge in [-0.15, -0.1) is 0 Å². The second-order valence-corrected chi connectivity index (χ2v) is 4.68. The summed E-state index contributed by atoms with van der Waals surface area (Å²) in [7, 11) is 0. The van der Waals surface area contributed by atoms with Crippen LogP contribution in [0.25, 0.3) is 0 Å². The summed E-state index contributed by atoms with van der Waals surface area (Å²) in [5.41, 5.74) is 4.91. The Kier molecular flexibility index (Phi) is 3.81. The Morgan fingerprint density at radius 1 is 1.15 bits per heavy atom. The van der Waals surface area contributed by atoms with Crippen LogP contribution in [0.5, 0.6) is 0 Å². The van der Waals surface area contributed by atoms with Gasteiger partial charge in [-0.3, -0.25) is 4.79 Å². The molecule has 0 radical (unpaired) electrons. The lowest BCUT2D eigenvalue weighted by atomic mass is 10.0. The molecule has 0 aliphatic rings. The van der Waals surface area contributed by atoms with Crippen molar-refractivity contribution in [2.45, 2.75) is 20.8 Å². The van der Waals surface area contributed by atoms with E-state index in [0.717, 1.165) is 16.8 Å². The predicted molar refractivity (Wildman–Crippen MR) is 77.6 cm³/mol. The highest BCUT2D eigenvalue weighted by Crippen LogP contribution is 2.21. The maximum atomic E-state index is 12.1. The molecule has 0 saturated heterocycles. The minimum absolute atomic E-state index is 0.277. The summed E-state index contributed by atoms with van der Waals surface area (Å²) in [6, 6.07) is 8.96. The molecule has 1 heterocycles. The maximum Gasteiger partial charge on any atom is 0.274 e. The van der Waals surface area contributed by atoms with Crippen LogP contribution in [0.1, 0.15) is 32.7 Å². The number of hydrogen-bond acceptors (Lipinski definition) is 3. The van der Waals surface area contributed by atoms with Gasteiger partial charge in [-0.1, -0.05) is 6.07 Å². The number of carbonyl (C=O) groups excluding carboxylic acids is 1. The number of nitrogens with one attached hydrogen (secondary N) is 1. The van der Waals surface area contributed by atoms with Crippen molar-refractivity contribution in [2.75, 3.05) is 5.32 Å². The molecule has 1 N–H and O–H groups in total. The highest BCUT2D eigenvalue weighted by Gasteiger charge is 2.10. The molecule has 2 rings (SSSR count). The van der Waals surface area contributed by atoms with Crippen molar-refractivity contribution in [1.82, 2.24) is 4.98 Å². The van der Waals surface area contributed by atoms with Gasteiger partial charge in [0.25, 0.3) is 5.91 Å². The fraction of sp³-hybridized carbons (Fsp3) is 0.188. The first-order valence-electron chi connectivity index (χ1n) is 6.27.